The first-order valence-corrected chi connectivity index (χ1v) is 4.98. The first-order valence-electron chi connectivity index (χ1n) is 4.98. The fourth-order valence-electron chi connectivity index (χ4n) is 2.25. The van der Waals surface area contributed by atoms with Gasteiger partial charge in [0, 0.05) is 0 Å². The molecule has 1 aliphatic rings. The molecule has 0 bridgehead atoms. The number of carboxylic acids is 1. The van der Waals surface area contributed by atoms with Gasteiger partial charge in [-0.3, -0.25) is 4.79 Å². The molecule has 1 fully saturated rings. The van der Waals surface area contributed by atoms with Crippen LogP contribution < -0.4 is 0 Å². The monoisotopic (exact) mass is 170 g/mol. The molecule has 0 radical (unpaired) electrons. The molecule has 0 aromatic carbocycles. The van der Waals surface area contributed by atoms with Crippen LogP contribution in [0.5, 0.6) is 0 Å². The maximum absolute atomic E-state index is 10.8. The zero-order valence-electron chi connectivity index (χ0n) is 7.75. The summed E-state index contributed by atoms with van der Waals surface area (Å²) >= 11 is 0. The van der Waals surface area contributed by atoms with Crippen molar-refractivity contribution < 1.29 is 9.90 Å². The topological polar surface area (TPSA) is 37.3 Å². The van der Waals surface area contributed by atoms with E-state index in [-0.39, 0.29) is 5.92 Å². The smallest absolute Gasteiger partial charge is 0.306 e. The van der Waals surface area contributed by atoms with Crippen molar-refractivity contribution in [3.8, 4) is 0 Å². The minimum atomic E-state index is -0.593. The van der Waals surface area contributed by atoms with Gasteiger partial charge in [0.2, 0.25) is 0 Å². The molecule has 1 rings (SSSR count). The number of carbonyl (C=O) groups is 1. The lowest BCUT2D eigenvalue weighted by atomic mass is 9.79. The Hall–Kier alpha value is -0.530. The molecule has 1 saturated carbocycles. The highest BCUT2D eigenvalue weighted by atomic mass is 16.4. The Bertz CT molecular complexity index is 148. The second kappa shape index (κ2) is 4.48. The minimum absolute atomic E-state index is 0.0784. The maximum atomic E-state index is 10.8. The molecule has 0 heterocycles. The average Bonchev–Trinajstić information content (AvgIpc) is 2.07. The molecule has 0 aromatic heterocycles. The second-order valence-corrected chi connectivity index (χ2v) is 3.75. The van der Waals surface area contributed by atoms with Crippen LogP contribution in [0.1, 0.15) is 45.4 Å². The summed E-state index contributed by atoms with van der Waals surface area (Å²) in [5.41, 5.74) is 0. The summed E-state index contributed by atoms with van der Waals surface area (Å²) in [6.45, 7) is 1.98. The van der Waals surface area contributed by atoms with Gasteiger partial charge in [0.1, 0.15) is 0 Å². The number of carboxylic acid groups (broad SMARTS) is 1. The van der Waals surface area contributed by atoms with Crippen molar-refractivity contribution in [2.45, 2.75) is 45.4 Å². The fourth-order valence-corrected chi connectivity index (χ4v) is 2.25. The van der Waals surface area contributed by atoms with Gasteiger partial charge in [0.15, 0.2) is 0 Å². The molecule has 1 unspecified atom stereocenters. The van der Waals surface area contributed by atoms with Gasteiger partial charge in [-0.2, -0.15) is 0 Å². The van der Waals surface area contributed by atoms with Crippen LogP contribution in [0.4, 0.5) is 0 Å². The first-order chi connectivity index (χ1) is 5.75. The lowest BCUT2D eigenvalue weighted by molar-refractivity contribution is -0.144. The molecule has 0 amide bonds. The lowest BCUT2D eigenvalue weighted by Gasteiger charge is -2.26. The zero-order chi connectivity index (χ0) is 8.97. The molecule has 1 N–H and O–H groups in total. The first kappa shape index (κ1) is 9.56. The highest BCUT2D eigenvalue weighted by molar-refractivity contribution is 5.70. The van der Waals surface area contributed by atoms with E-state index in [0.717, 1.165) is 19.3 Å². The Kier molecular flexibility index (Phi) is 3.57. The highest BCUT2D eigenvalue weighted by Crippen LogP contribution is 2.31. The van der Waals surface area contributed by atoms with E-state index >= 15 is 0 Å². The molecule has 2 nitrogen and oxygen atoms in total. The van der Waals surface area contributed by atoms with Gasteiger partial charge < -0.3 is 5.11 Å². The van der Waals surface area contributed by atoms with Crippen LogP contribution in [0.15, 0.2) is 0 Å². The van der Waals surface area contributed by atoms with Gasteiger partial charge in [-0.15, -0.1) is 0 Å². The molecular formula is C10H18O2. The molecule has 1 aliphatic carbocycles. The van der Waals surface area contributed by atoms with Crippen molar-refractivity contribution >= 4 is 5.97 Å². The van der Waals surface area contributed by atoms with Crippen LogP contribution in [0.25, 0.3) is 0 Å². The SMILES string of the molecule is CCC(C(=O)O)C1CCCCC1. The van der Waals surface area contributed by atoms with E-state index in [1.807, 2.05) is 6.92 Å². The predicted molar refractivity (Wildman–Crippen MR) is 48.0 cm³/mol. The van der Waals surface area contributed by atoms with Gasteiger partial charge in [-0.05, 0) is 25.2 Å². The van der Waals surface area contributed by atoms with Gasteiger partial charge in [-0.1, -0.05) is 26.2 Å². The van der Waals surface area contributed by atoms with Crippen LogP contribution in [-0.2, 0) is 4.79 Å². The summed E-state index contributed by atoms with van der Waals surface area (Å²) in [4.78, 5) is 10.8. The normalized spacial score (nSPS) is 22.1. The van der Waals surface area contributed by atoms with Crippen molar-refractivity contribution in [1.29, 1.82) is 0 Å². The van der Waals surface area contributed by atoms with Crippen LogP contribution in [0, 0.1) is 11.8 Å². The summed E-state index contributed by atoms with van der Waals surface area (Å²) in [6, 6.07) is 0. The summed E-state index contributed by atoms with van der Waals surface area (Å²) in [7, 11) is 0. The summed E-state index contributed by atoms with van der Waals surface area (Å²) < 4.78 is 0. The largest absolute Gasteiger partial charge is 0.481 e. The third-order valence-electron chi connectivity index (χ3n) is 2.98. The Morgan fingerprint density at radius 1 is 1.42 bits per heavy atom. The summed E-state index contributed by atoms with van der Waals surface area (Å²) in [5, 5.41) is 8.93. The van der Waals surface area contributed by atoms with Crippen LogP contribution in [0.2, 0.25) is 0 Å². The van der Waals surface area contributed by atoms with E-state index in [0.29, 0.717) is 5.92 Å². The van der Waals surface area contributed by atoms with E-state index < -0.39 is 5.97 Å². The Labute approximate surface area is 74.0 Å². The standard InChI is InChI=1S/C10H18O2/c1-2-9(10(11)12)8-6-4-3-5-7-8/h8-9H,2-7H2,1H3,(H,11,12). The molecule has 0 saturated heterocycles. The fraction of sp³-hybridized carbons (Fsp3) is 0.900. The number of rotatable bonds is 3. The summed E-state index contributed by atoms with van der Waals surface area (Å²) in [6.07, 6.45) is 6.81. The number of hydrogen-bond acceptors (Lipinski definition) is 1. The lowest BCUT2D eigenvalue weighted by Crippen LogP contribution is -2.24. The van der Waals surface area contributed by atoms with E-state index in [4.69, 9.17) is 5.11 Å². The van der Waals surface area contributed by atoms with E-state index in [1.54, 1.807) is 0 Å². The summed E-state index contributed by atoms with van der Waals surface area (Å²) in [5.74, 6) is -0.212. The molecule has 0 spiro atoms. The van der Waals surface area contributed by atoms with Crippen molar-refractivity contribution in [3.63, 3.8) is 0 Å². The van der Waals surface area contributed by atoms with Gasteiger partial charge in [-0.25, -0.2) is 0 Å². The molecule has 0 aromatic rings. The zero-order valence-corrected chi connectivity index (χ0v) is 7.75. The molecule has 1 atom stereocenters. The van der Waals surface area contributed by atoms with Crippen molar-refractivity contribution in [1.82, 2.24) is 0 Å². The van der Waals surface area contributed by atoms with Crippen molar-refractivity contribution in [2.75, 3.05) is 0 Å². The van der Waals surface area contributed by atoms with Gasteiger partial charge >= 0.3 is 5.97 Å². The van der Waals surface area contributed by atoms with Gasteiger partial charge in [0.25, 0.3) is 0 Å². The Morgan fingerprint density at radius 2 is 2.00 bits per heavy atom. The van der Waals surface area contributed by atoms with Crippen molar-refractivity contribution in [2.24, 2.45) is 11.8 Å². The molecule has 2 heteroatoms. The third kappa shape index (κ3) is 2.23. The van der Waals surface area contributed by atoms with Crippen LogP contribution in [0.3, 0.4) is 0 Å². The quantitative estimate of drug-likeness (QED) is 0.707. The molecule has 70 valence electrons. The van der Waals surface area contributed by atoms with Gasteiger partial charge in [0.05, 0.1) is 5.92 Å². The minimum Gasteiger partial charge on any atom is -0.481 e. The molecule has 12 heavy (non-hydrogen) atoms. The van der Waals surface area contributed by atoms with Crippen molar-refractivity contribution in [3.05, 3.63) is 0 Å². The van der Waals surface area contributed by atoms with Crippen LogP contribution >= 0.6 is 0 Å². The predicted octanol–water partition coefficient (Wildman–Crippen LogP) is 2.68. The number of hydrogen-bond donors (Lipinski definition) is 1. The Balaban J connectivity index is 2.46. The van der Waals surface area contributed by atoms with E-state index in [2.05, 4.69) is 0 Å². The number of aliphatic carboxylic acids is 1. The van der Waals surface area contributed by atoms with E-state index in [9.17, 15) is 4.79 Å². The van der Waals surface area contributed by atoms with E-state index in [1.165, 1.54) is 19.3 Å². The second-order valence-electron chi connectivity index (χ2n) is 3.75. The van der Waals surface area contributed by atoms with Crippen LogP contribution in [-0.4, -0.2) is 11.1 Å². The Morgan fingerprint density at radius 3 is 2.42 bits per heavy atom. The maximum Gasteiger partial charge on any atom is 0.306 e. The molecule has 0 aliphatic heterocycles. The molecular weight excluding hydrogens is 152 g/mol. The highest BCUT2D eigenvalue weighted by Gasteiger charge is 2.27. The third-order valence-corrected chi connectivity index (χ3v) is 2.98. The average molecular weight is 170 g/mol.